The third-order valence-electron chi connectivity index (χ3n) is 6.77. The first-order valence-electron chi connectivity index (χ1n) is 11.1. The molecule has 0 N–H and O–H groups in total. The van der Waals surface area contributed by atoms with E-state index >= 15 is 0 Å². The van der Waals surface area contributed by atoms with Gasteiger partial charge < -0.3 is 13.4 Å². The normalized spacial score (nSPS) is 12.2. The fourth-order valence-corrected chi connectivity index (χ4v) is 5.42. The third-order valence-corrected chi connectivity index (χ3v) is 6.77. The Morgan fingerprint density at radius 1 is 0.424 bits per heavy atom. The van der Waals surface area contributed by atoms with Gasteiger partial charge in [-0.25, -0.2) is 0 Å². The van der Waals surface area contributed by atoms with Gasteiger partial charge in [0, 0.05) is 16.5 Å². The Morgan fingerprint density at radius 3 is 1.61 bits per heavy atom. The molecule has 0 bridgehead atoms. The summed E-state index contributed by atoms with van der Waals surface area (Å²) in [4.78, 5) is 0. The predicted molar refractivity (Wildman–Crippen MR) is 134 cm³/mol. The molecule has 0 saturated heterocycles. The van der Waals surface area contributed by atoms with Crippen LogP contribution in [-0.2, 0) is 0 Å². The second-order valence-corrected chi connectivity index (χ2v) is 8.57. The van der Waals surface area contributed by atoms with Crippen LogP contribution in [0.25, 0.3) is 71.7 Å². The number of nitrogens with zero attached hydrogens (tertiary/aromatic N) is 1. The predicted octanol–water partition coefficient (Wildman–Crippen LogP) is 8.53. The average molecular weight is 423 g/mol. The summed E-state index contributed by atoms with van der Waals surface area (Å²) >= 11 is 0. The maximum atomic E-state index is 6.30. The summed E-state index contributed by atoms with van der Waals surface area (Å²) in [6, 6.07) is 35.9. The van der Waals surface area contributed by atoms with Gasteiger partial charge in [-0.3, -0.25) is 0 Å². The lowest BCUT2D eigenvalue weighted by molar-refractivity contribution is 0.663. The van der Waals surface area contributed by atoms with Crippen LogP contribution in [0.15, 0.2) is 112 Å². The van der Waals surface area contributed by atoms with Crippen LogP contribution in [-0.4, -0.2) is 4.57 Å². The molecule has 0 saturated carbocycles. The highest BCUT2D eigenvalue weighted by Gasteiger charge is 2.22. The molecule has 3 nitrogen and oxygen atoms in total. The Hall–Kier alpha value is -4.50. The molecular formula is C30H17NO2. The van der Waals surface area contributed by atoms with Crippen LogP contribution in [0.1, 0.15) is 0 Å². The lowest BCUT2D eigenvalue weighted by atomic mass is 10.0. The van der Waals surface area contributed by atoms with Gasteiger partial charge in [-0.05, 0) is 59.7 Å². The van der Waals surface area contributed by atoms with E-state index in [0.717, 1.165) is 60.6 Å². The van der Waals surface area contributed by atoms with Crippen molar-refractivity contribution in [2.24, 2.45) is 0 Å². The molecule has 3 heterocycles. The zero-order valence-corrected chi connectivity index (χ0v) is 17.6. The highest BCUT2D eigenvalue weighted by atomic mass is 16.3. The summed E-state index contributed by atoms with van der Waals surface area (Å²) in [6.07, 6.45) is 0. The van der Waals surface area contributed by atoms with Gasteiger partial charge in [0.1, 0.15) is 22.3 Å². The zero-order chi connectivity index (χ0) is 21.5. The van der Waals surface area contributed by atoms with E-state index in [2.05, 4.69) is 95.6 Å². The minimum atomic E-state index is 0.890. The van der Waals surface area contributed by atoms with Gasteiger partial charge in [-0.15, -0.1) is 0 Å². The Bertz CT molecular complexity index is 1870. The molecule has 0 amide bonds. The van der Waals surface area contributed by atoms with Crippen LogP contribution in [0.3, 0.4) is 0 Å². The first kappa shape index (κ1) is 17.1. The summed E-state index contributed by atoms with van der Waals surface area (Å²) < 4.78 is 14.9. The van der Waals surface area contributed by atoms with E-state index in [1.165, 1.54) is 11.1 Å². The number of aromatic nitrogens is 1. The summed E-state index contributed by atoms with van der Waals surface area (Å²) in [5, 5.41) is 4.52. The van der Waals surface area contributed by atoms with Crippen molar-refractivity contribution in [1.82, 2.24) is 4.57 Å². The molecule has 0 unspecified atom stereocenters. The number of furan rings is 2. The standard InChI is InChI=1S/C30H17NO2/c1-2-7-18(8-3-1)19-9-4-10-20(17-19)31-21-11-5-13-23-27(21)29-25(32-23)15-16-26-30(29)28-22(31)12-6-14-24(28)33-26/h1-17H. The summed E-state index contributed by atoms with van der Waals surface area (Å²) in [7, 11) is 0. The lowest BCUT2D eigenvalue weighted by Gasteiger charge is -2.13. The molecule has 0 aliphatic rings. The van der Waals surface area contributed by atoms with Gasteiger partial charge in [0.25, 0.3) is 0 Å². The molecule has 8 rings (SSSR count). The molecule has 3 aromatic heterocycles. The topological polar surface area (TPSA) is 31.2 Å². The van der Waals surface area contributed by atoms with E-state index in [1.807, 2.05) is 12.1 Å². The minimum Gasteiger partial charge on any atom is -0.456 e. The van der Waals surface area contributed by atoms with Gasteiger partial charge in [0.15, 0.2) is 0 Å². The molecule has 0 atom stereocenters. The monoisotopic (exact) mass is 423 g/mol. The van der Waals surface area contributed by atoms with Crippen molar-refractivity contribution in [2.75, 3.05) is 0 Å². The largest absolute Gasteiger partial charge is 0.456 e. The van der Waals surface area contributed by atoms with Gasteiger partial charge >= 0.3 is 0 Å². The van der Waals surface area contributed by atoms with Crippen LogP contribution in [0.5, 0.6) is 0 Å². The Balaban J connectivity index is 1.63. The number of rotatable bonds is 2. The molecule has 0 aliphatic heterocycles. The molecule has 33 heavy (non-hydrogen) atoms. The quantitative estimate of drug-likeness (QED) is 0.279. The molecule has 3 heteroatoms. The highest BCUT2D eigenvalue weighted by Crippen LogP contribution is 2.45. The highest BCUT2D eigenvalue weighted by molar-refractivity contribution is 6.32. The van der Waals surface area contributed by atoms with Gasteiger partial charge in [-0.2, -0.15) is 0 Å². The first-order valence-corrected chi connectivity index (χ1v) is 11.1. The second kappa shape index (κ2) is 6.05. The van der Waals surface area contributed by atoms with Crippen molar-refractivity contribution < 1.29 is 8.83 Å². The molecule has 5 aromatic carbocycles. The van der Waals surface area contributed by atoms with Crippen LogP contribution in [0.4, 0.5) is 0 Å². The molecule has 0 radical (unpaired) electrons. The van der Waals surface area contributed by atoms with E-state index in [9.17, 15) is 0 Å². The zero-order valence-electron chi connectivity index (χ0n) is 17.6. The van der Waals surface area contributed by atoms with Crippen LogP contribution < -0.4 is 0 Å². The lowest BCUT2D eigenvalue weighted by Crippen LogP contribution is -1.97. The van der Waals surface area contributed by atoms with E-state index in [-0.39, 0.29) is 0 Å². The SMILES string of the molecule is c1ccc(-c2cccc(-n3c4cccc5oc6ccc7oc8cccc3c8c7c6c54)c2)cc1. The summed E-state index contributed by atoms with van der Waals surface area (Å²) in [5.41, 5.74) is 9.29. The van der Waals surface area contributed by atoms with Crippen LogP contribution in [0, 0.1) is 0 Å². The van der Waals surface area contributed by atoms with Crippen LogP contribution >= 0.6 is 0 Å². The number of benzene rings is 5. The third kappa shape index (κ3) is 2.18. The van der Waals surface area contributed by atoms with E-state index < -0.39 is 0 Å². The van der Waals surface area contributed by atoms with E-state index in [4.69, 9.17) is 8.83 Å². The molecule has 0 spiro atoms. The van der Waals surface area contributed by atoms with Crippen molar-refractivity contribution in [3.05, 3.63) is 103 Å². The summed E-state index contributed by atoms with van der Waals surface area (Å²) in [5.74, 6) is 0. The van der Waals surface area contributed by atoms with Gasteiger partial charge in [-0.1, -0.05) is 54.6 Å². The van der Waals surface area contributed by atoms with Crippen molar-refractivity contribution in [3.8, 4) is 16.8 Å². The number of hydrogen-bond donors (Lipinski definition) is 0. The minimum absolute atomic E-state index is 0.890. The molecule has 0 fully saturated rings. The van der Waals surface area contributed by atoms with Crippen molar-refractivity contribution >= 4 is 54.9 Å². The maximum absolute atomic E-state index is 6.30. The van der Waals surface area contributed by atoms with Crippen molar-refractivity contribution in [3.63, 3.8) is 0 Å². The Labute approximate surface area is 188 Å². The summed E-state index contributed by atoms with van der Waals surface area (Å²) in [6.45, 7) is 0. The van der Waals surface area contributed by atoms with Crippen molar-refractivity contribution in [2.45, 2.75) is 0 Å². The van der Waals surface area contributed by atoms with Gasteiger partial charge in [0.05, 0.1) is 21.8 Å². The van der Waals surface area contributed by atoms with Gasteiger partial charge in [0.2, 0.25) is 0 Å². The second-order valence-electron chi connectivity index (χ2n) is 8.57. The molecule has 8 aromatic rings. The fraction of sp³-hybridized carbons (Fsp3) is 0. The van der Waals surface area contributed by atoms with Crippen LogP contribution in [0.2, 0.25) is 0 Å². The fourth-order valence-electron chi connectivity index (χ4n) is 5.42. The van der Waals surface area contributed by atoms with E-state index in [0.29, 0.717) is 0 Å². The first-order chi connectivity index (χ1) is 16.4. The molecule has 0 aliphatic carbocycles. The maximum Gasteiger partial charge on any atom is 0.137 e. The molecule has 154 valence electrons. The smallest absolute Gasteiger partial charge is 0.137 e. The van der Waals surface area contributed by atoms with Crippen molar-refractivity contribution in [1.29, 1.82) is 0 Å². The van der Waals surface area contributed by atoms with E-state index in [1.54, 1.807) is 0 Å². The Morgan fingerprint density at radius 2 is 0.970 bits per heavy atom. The number of hydrogen-bond acceptors (Lipinski definition) is 2. The Kier molecular flexibility index (Phi) is 3.14. The average Bonchev–Trinajstić information content (AvgIpc) is 3.39. The molecular weight excluding hydrogens is 406 g/mol.